The molecular formula is C20H16FN5. The third kappa shape index (κ3) is 3.44. The van der Waals surface area contributed by atoms with Crippen LogP contribution in [0.25, 0.3) is 10.9 Å². The third-order valence-corrected chi connectivity index (χ3v) is 3.95. The first-order valence-corrected chi connectivity index (χ1v) is 8.21. The number of aromatic nitrogens is 3. The van der Waals surface area contributed by atoms with Crippen LogP contribution in [0.2, 0.25) is 0 Å². The molecule has 5 nitrogen and oxygen atoms in total. The lowest BCUT2D eigenvalue weighted by atomic mass is 10.2. The number of nitrogens with zero attached hydrogens (tertiary/aromatic N) is 3. The third-order valence-electron chi connectivity index (χ3n) is 3.95. The molecule has 2 aromatic heterocycles. The highest BCUT2D eigenvalue weighted by Gasteiger charge is 2.06. The molecule has 0 atom stereocenters. The Hall–Kier alpha value is -3.54. The van der Waals surface area contributed by atoms with Crippen LogP contribution < -0.4 is 10.6 Å². The van der Waals surface area contributed by atoms with Crippen LogP contribution in [-0.2, 0) is 6.54 Å². The fourth-order valence-corrected chi connectivity index (χ4v) is 2.67. The molecule has 0 bridgehead atoms. The highest BCUT2D eigenvalue weighted by Crippen LogP contribution is 2.23. The van der Waals surface area contributed by atoms with Gasteiger partial charge in [-0.25, -0.2) is 9.37 Å². The van der Waals surface area contributed by atoms with E-state index in [0.29, 0.717) is 23.9 Å². The molecule has 0 spiro atoms. The molecule has 4 aromatic rings. The maximum atomic E-state index is 13.7. The Balaban J connectivity index is 1.53. The van der Waals surface area contributed by atoms with Crippen LogP contribution in [0.15, 0.2) is 73.1 Å². The lowest BCUT2D eigenvalue weighted by Crippen LogP contribution is -2.05. The molecule has 2 N–H and O–H groups in total. The first-order valence-electron chi connectivity index (χ1n) is 8.21. The van der Waals surface area contributed by atoms with Crippen molar-refractivity contribution in [3.63, 3.8) is 0 Å². The summed E-state index contributed by atoms with van der Waals surface area (Å²) in [6.45, 7) is 0.346. The maximum Gasteiger partial charge on any atom is 0.229 e. The van der Waals surface area contributed by atoms with Crippen LogP contribution >= 0.6 is 0 Å². The Labute approximate surface area is 150 Å². The Morgan fingerprint density at radius 3 is 2.65 bits per heavy atom. The molecule has 2 aromatic carbocycles. The summed E-state index contributed by atoms with van der Waals surface area (Å²) in [5.74, 6) is 0.815. The lowest BCUT2D eigenvalue weighted by Gasteiger charge is -2.10. The first-order chi connectivity index (χ1) is 12.8. The van der Waals surface area contributed by atoms with E-state index < -0.39 is 0 Å². The number of hydrogen-bond donors (Lipinski definition) is 2. The Kier molecular flexibility index (Phi) is 4.38. The van der Waals surface area contributed by atoms with E-state index in [1.807, 2.05) is 30.3 Å². The van der Waals surface area contributed by atoms with Crippen molar-refractivity contribution < 1.29 is 4.39 Å². The predicted molar refractivity (Wildman–Crippen MR) is 101 cm³/mol. The average molecular weight is 345 g/mol. The molecular weight excluding hydrogens is 329 g/mol. The number of fused-ring (bicyclic) bond motifs is 1. The summed E-state index contributed by atoms with van der Waals surface area (Å²) in [6.07, 6.45) is 3.40. The molecule has 0 aliphatic rings. The lowest BCUT2D eigenvalue weighted by molar-refractivity contribution is 0.613. The average Bonchev–Trinajstić information content (AvgIpc) is 2.68. The van der Waals surface area contributed by atoms with Crippen molar-refractivity contribution >= 4 is 28.4 Å². The van der Waals surface area contributed by atoms with Crippen LogP contribution in [0, 0.1) is 5.82 Å². The Bertz CT molecular complexity index is 1050. The van der Waals surface area contributed by atoms with Crippen LogP contribution in [0.3, 0.4) is 0 Å². The fourth-order valence-electron chi connectivity index (χ4n) is 2.67. The summed E-state index contributed by atoms with van der Waals surface area (Å²) >= 11 is 0. The van der Waals surface area contributed by atoms with Gasteiger partial charge in [-0.15, -0.1) is 0 Å². The molecule has 128 valence electrons. The highest BCUT2D eigenvalue weighted by atomic mass is 19.1. The van der Waals surface area contributed by atoms with Gasteiger partial charge < -0.3 is 10.6 Å². The summed E-state index contributed by atoms with van der Waals surface area (Å²) in [7, 11) is 0. The first kappa shape index (κ1) is 16.0. The van der Waals surface area contributed by atoms with Crippen LogP contribution in [0.4, 0.5) is 21.8 Å². The fraction of sp³-hybridized carbons (Fsp3) is 0.0500. The van der Waals surface area contributed by atoms with Crippen molar-refractivity contribution in [2.75, 3.05) is 10.6 Å². The van der Waals surface area contributed by atoms with Crippen molar-refractivity contribution in [3.8, 4) is 0 Å². The van der Waals surface area contributed by atoms with Gasteiger partial charge in [0.15, 0.2) is 0 Å². The van der Waals surface area contributed by atoms with Gasteiger partial charge in [0.05, 0.1) is 11.2 Å². The second-order valence-electron chi connectivity index (χ2n) is 5.72. The quantitative estimate of drug-likeness (QED) is 0.557. The van der Waals surface area contributed by atoms with E-state index in [9.17, 15) is 4.39 Å². The number of anilines is 3. The van der Waals surface area contributed by atoms with Crippen molar-refractivity contribution in [2.24, 2.45) is 0 Å². The van der Waals surface area contributed by atoms with Crippen molar-refractivity contribution in [1.29, 1.82) is 0 Å². The Morgan fingerprint density at radius 2 is 1.73 bits per heavy atom. The number of hydrogen-bond acceptors (Lipinski definition) is 5. The predicted octanol–water partition coefficient (Wildman–Crippen LogP) is 4.52. The summed E-state index contributed by atoms with van der Waals surface area (Å²) < 4.78 is 13.7. The largest absolute Gasteiger partial charge is 0.366 e. The molecule has 0 saturated heterocycles. The van der Waals surface area contributed by atoms with E-state index >= 15 is 0 Å². The van der Waals surface area contributed by atoms with Crippen molar-refractivity contribution in [3.05, 3.63) is 84.4 Å². The SMILES string of the molecule is Fc1ccccc1CNc1ccnc(Nc2cccc3cccnc23)n1. The van der Waals surface area contributed by atoms with E-state index in [0.717, 1.165) is 16.6 Å². The number of pyridine rings is 1. The van der Waals surface area contributed by atoms with Gasteiger partial charge in [0.25, 0.3) is 0 Å². The second-order valence-corrected chi connectivity index (χ2v) is 5.72. The molecule has 0 unspecified atom stereocenters. The maximum absolute atomic E-state index is 13.7. The summed E-state index contributed by atoms with van der Waals surface area (Å²) in [5.41, 5.74) is 2.26. The molecule has 0 amide bonds. The topological polar surface area (TPSA) is 62.7 Å². The molecule has 6 heteroatoms. The molecule has 26 heavy (non-hydrogen) atoms. The van der Waals surface area contributed by atoms with E-state index in [1.54, 1.807) is 36.7 Å². The Morgan fingerprint density at radius 1 is 0.846 bits per heavy atom. The van der Waals surface area contributed by atoms with Gasteiger partial charge in [-0.1, -0.05) is 36.4 Å². The van der Waals surface area contributed by atoms with Crippen LogP contribution in [0.5, 0.6) is 0 Å². The van der Waals surface area contributed by atoms with E-state index in [2.05, 4.69) is 25.6 Å². The molecule has 0 aliphatic carbocycles. The number of halogens is 1. The summed E-state index contributed by atoms with van der Waals surface area (Å²) in [4.78, 5) is 13.1. The zero-order valence-corrected chi connectivity index (χ0v) is 13.9. The van der Waals surface area contributed by atoms with Gasteiger partial charge in [-0.2, -0.15) is 4.98 Å². The van der Waals surface area contributed by atoms with Crippen LogP contribution in [-0.4, -0.2) is 15.0 Å². The number of nitrogens with one attached hydrogen (secondary N) is 2. The minimum atomic E-state index is -0.241. The van der Waals surface area contributed by atoms with Crippen molar-refractivity contribution in [2.45, 2.75) is 6.54 Å². The smallest absolute Gasteiger partial charge is 0.229 e. The molecule has 4 rings (SSSR count). The van der Waals surface area contributed by atoms with Gasteiger partial charge in [0.1, 0.15) is 11.6 Å². The number of benzene rings is 2. The number of para-hydroxylation sites is 1. The van der Waals surface area contributed by atoms with E-state index in [4.69, 9.17) is 0 Å². The minimum absolute atomic E-state index is 0.241. The molecule has 0 aliphatic heterocycles. The van der Waals surface area contributed by atoms with Gasteiger partial charge in [-0.05, 0) is 24.3 Å². The zero-order valence-electron chi connectivity index (χ0n) is 13.9. The normalized spacial score (nSPS) is 10.7. The monoisotopic (exact) mass is 345 g/mol. The minimum Gasteiger partial charge on any atom is -0.366 e. The van der Waals surface area contributed by atoms with Crippen LogP contribution in [0.1, 0.15) is 5.56 Å². The summed E-state index contributed by atoms with van der Waals surface area (Å²) in [5, 5.41) is 7.35. The standard InChI is InChI=1S/C20H16FN5/c21-16-8-2-1-5-15(16)13-24-18-10-12-23-20(26-18)25-17-9-3-6-14-7-4-11-22-19(14)17/h1-12H,13H2,(H2,23,24,25,26). The van der Waals surface area contributed by atoms with Gasteiger partial charge in [-0.3, -0.25) is 4.98 Å². The second kappa shape index (κ2) is 7.14. The van der Waals surface area contributed by atoms with E-state index in [1.165, 1.54) is 6.07 Å². The van der Waals surface area contributed by atoms with E-state index in [-0.39, 0.29) is 5.82 Å². The van der Waals surface area contributed by atoms with Gasteiger partial charge >= 0.3 is 0 Å². The number of rotatable bonds is 5. The molecule has 0 radical (unpaired) electrons. The van der Waals surface area contributed by atoms with Crippen molar-refractivity contribution in [1.82, 2.24) is 15.0 Å². The molecule has 0 saturated carbocycles. The van der Waals surface area contributed by atoms with Gasteiger partial charge in [0, 0.05) is 29.9 Å². The molecule has 2 heterocycles. The van der Waals surface area contributed by atoms with Gasteiger partial charge in [0.2, 0.25) is 5.95 Å². The molecule has 0 fully saturated rings. The zero-order chi connectivity index (χ0) is 17.8. The highest BCUT2D eigenvalue weighted by molar-refractivity contribution is 5.91. The summed E-state index contributed by atoms with van der Waals surface area (Å²) in [6, 6.07) is 18.2.